The molecular formula is C10H19NO2. The van der Waals surface area contributed by atoms with Gasteiger partial charge in [0.15, 0.2) is 0 Å². The first kappa shape index (κ1) is 10.5. The second-order valence-electron chi connectivity index (χ2n) is 4.30. The van der Waals surface area contributed by atoms with Gasteiger partial charge in [-0.05, 0) is 39.7 Å². The topological polar surface area (TPSA) is 40.5 Å². The van der Waals surface area contributed by atoms with Gasteiger partial charge in [-0.2, -0.15) is 0 Å². The molecule has 0 saturated carbocycles. The van der Waals surface area contributed by atoms with Gasteiger partial charge in [-0.25, -0.2) is 0 Å². The lowest BCUT2D eigenvalue weighted by atomic mass is 9.85. The summed E-state index contributed by atoms with van der Waals surface area (Å²) in [6, 6.07) is 1.04. The fourth-order valence-corrected chi connectivity index (χ4v) is 2.24. The Hall–Kier alpha value is -0.570. The highest BCUT2D eigenvalue weighted by Gasteiger charge is 2.29. The minimum atomic E-state index is -0.658. The lowest BCUT2D eigenvalue weighted by molar-refractivity contribution is -0.138. The Morgan fingerprint density at radius 2 is 1.85 bits per heavy atom. The molecule has 13 heavy (non-hydrogen) atoms. The van der Waals surface area contributed by atoms with Crippen LogP contribution < -0.4 is 0 Å². The van der Waals surface area contributed by atoms with Crippen LogP contribution in [0, 0.1) is 5.92 Å². The maximum Gasteiger partial charge on any atom is 0.303 e. The van der Waals surface area contributed by atoms with Crippen molar-refractivity contribution in [1.82, 2.24) is 4.90 Å². The van der Waals surface area contributed by atoms with Gasteiger partial charge < -0.3 is 10.0 Å². The van der Waals surface area contributed by atoms with Crippen LogP contribution in [0.25, 0.3) is 0 Å². The molecule has 3 nitrogen and oxygen atoms in total. The highest BCUT2D eigenvalue weighted by molar-refractivity contribution is 5.67. The van der Waals surface area contributed by atoms with Crippen LogP contribution in [-0.2, 0) is 4.79 Å². The fraction of sp³-hybridized carbons (Fsp3) is 0.900. The van der Waals surface area contributed by atoms with Gasteiger partial charge in [0, 0.05) is 18.5 Å². The molecule has 0 aromatic carbocycles. The highest BCUT2D eigenvalue weighted by Crippen LogP contribution is 2.28. The van der Waals surface area contributed by atoms with E-state index in [4.69, 9.17) is 5.11 Å². The zero-order valence-electron chi connectivity index (χ0n) is 8.66. The van der Waals surface area contributed by atoms with Crippen LogP contribution in [0.2, 0.25) is 0 Å². The quantitative estimate of drug-likeness (QED) is 0.710. The summed E-state index contributed by atoms with van der Waals surface area (Å²) >= 11 is 0. The number of hydrogen-bond donors (Lipinski definition) is 1. The van der Waals surface area contributed by atoms with E-state index in [9.17, 15) is 4.79 Å². The average molecular weight is 185 g/mol. The molecule has 0 amide bonds. The first-order valence-corrected chi connectivity index (χ1v) is 4.94. The van der Waals surface area contributed by atoms with Gasteiger partial charge in [0.25, 0.3) is 0 Å². The number of aliphatic carboxylic acids is 1. The molecule has 0 bridgehead atoms. The largest absolute Gasteiger partial charge is 0.481 e. The van der Waals surface area contributed by atoms with Crippen LogP contribution in [0.1, 0.15) is 33.1 Å². The number of piperidine rings is 1. The van der Waals surface area contributed by atoms with Crippen molar-refractivity contribution >= 4 is 5.97 Å². The summed E-state index contributed by atoms with van der Waals surface area (Å²) in [4.78, 5) is 12.9. The summed E-state index contributed by atoms with van der Waals surface area (Å²) < 4.78 is 0. The third kappa shape index (κ3) is 2.69. The second kappa shape index (κ2) is 4.09. The SMILES string of the molecule is CC1CC(CC(=O)O)CC(C)N1C. The van der Waals surface area contributed by atoms with Crippen molar-refractivity contribution in [1.29, 1.82) is 0 Å². The Morgan fingerprint density at radius 3 is 2.23 bits per heavy atom. The van der Waals surface area contributed by atoms with Gasteiger partial charge in [-0.3, -0.25) is 4.79 Å². The predicted molar refractivity (Wildman–Crippen MR) is 51.7 cm³/mol. The number of carboxylic acid groups (broad SMARTS) is 1. The maximum absolute atomic E-state index is 10.5. The molecule has 2 unspecified atom stereocenters. The van der Waals surface area contributed by atoms with E-state index in [1.54, 1.807) is 0 Å². The molecule has 1 fully saturated rings. The Morgan fingerprint density at radius 1 is 1.38 bits per heavy atom. The Kier molecular flexibility index (Phi) is 3.31. The molecule has 76 valence electrons. The van der Waals surface area contributed by atoms with Crippen molar-refractivity contribution in [3.05, 3.63) is 0 Å². The molecule has 1 aliphatic heterocycles. The van der Waals surface area contributed by atoms with E-state index in [1.165, 1.54) is 0 Å². The van der Waals surface area contributed by atoms with Gasteiger partial charge >= 0.3 is 5.97 Å². The van der Waals surface area contributed by atoms with Crippen molar-refractivity contribution < 1.29 is 9.90 Å². The molecule has 1 saturated heterocycles. The van der Waals surface area contributed by atoms with E-state index < -0.39 is 5.97 Å². The van der Waals surface area contributed by atoms with E-state index in [1.807, 2.05) is 0 Å². The van der Waals surface area contributed by atoms with Gasteiger partial charge in [0.1, 0.15) is 0 Å². The minimum absolute atomic E-state index is 0.336. The van der Waals surface area contributed by atoms with Crippen molar-refractivity contribution in [3.8, 4) is 0 Å². The molecule has 0 aromatic rings. The smallest absolute Gasteiger partial charge is 0.303 e. The van der Waals surface area contributed by atoms with Gasteiger partial charge in [-0.15, -0.1) is 0 Å². The van der Waals surface area contributed by atoms with E-state index in [0.29, 0.717) is 24.4 Å². The standard InChI is InChI=1S/C10H19NO2/c1-7-4-9(6-10(12)13)5-8(2)11(7)3/h7-9H,4-6H2,1-3H3,(H,12,13). The minimum Gasteiger partial charge on any atom is -0.481 e. The van der Waals surface area contributed by atoms with Crippen LogP contribution in [0.5, 0.6) is 0 Å². The maximum atomic E-state index is 10.5. The first-order valence-electron chi connectivity index (χ1n) is 4.94. The molecule has 0 spiro atoms. The van der Waals surface area contributed by atoms with Crippen molar-refractivity contribution in [2.75, 3.05) is 7.05 Å². The van der Waals surface area contributed by atoms with E-state index in [2.05, 4.69) is 25.8 Å². The number of carbonyl (C=O) groups is 1. The zero-order chi connectivity index (χ0) is 10.0. The summed E-state index contributed by atoms with van der Waals surface area (Å²) in [7, 11) is 2.12. The van der Waals surface area contributed by atoms with Crippen LogP contribution in [0.4, 0.5) is 0 Å². The Labute approximate surface area is 79.7 Å². The summed E-state index contributed by atoms with van der Waals surface area (Å²) in [6.07, 6.45) is 2.38. The molecule has 0 radical (unpaired) electrons. The lowest BCUT2D eigenvalue weighted by Crippen LogP contribution is -2.44. The van der Waals surface area contributed by atoms with Crippen LogP contribution in [-0.4, -0.2) is 35.1 Å². The molecule has 1 N–H and O–H groups in total. The van der Waals surface area contributed by atoms with Crippen molar-refractivity contribution in [3.63, 3.8) is 0 Å². The summed E-state index contributed by atoms with van der Waals surface area (Å²) in [6.45, 7) is 4.34. The van der Waals surface area contributed by atoms with Gasteiger partial charge in [0.05, 0.1) is 0 Å². The third-order valence-electron chi connectivity index (χ3n) is 3.20. The van der Waals surface area contributed by atoms with Gasteiger partial charge in [-0.1, -0.05) is 0 Å². The lowest BCUT2D eigenvalue weighted by Gasteiger charge is -2.39. The molecule has 1 heterocycles. The van der Waals surface area contributed by atoms with Crippen LogP contribution in [0.3, 0.4) is 0 Å². The normalized spacial score (nSPS) is 36.1. The Balaban J connectivity index is 2.48. The van der Waals surface area contributed by atoms with Crippen molar-refractivity contribution in [2.45, 2.75) is 45.2 Å². The zero-order valence-corrected chi connectivity index (χ0v) is 8.66. The molecule has 1 aliphatic rings. The number of rotatable bonds is 2. The molecule has 0 aromatic heterocycles. The number of likely N-dealkylation sites (tertiary alicyclic amines) is 1. The average Bonchev–Trinajstić information content (AvgIpc) is 1.98. The molecular weight excluding hydrogens is 166 g/mol. The monoisotopic (exact) mass is 185 g/mol. The summed E-state index contributed by atoms with van der Waals surface area (Å²) in [5.41, 5.74) is 0. The van der Waals surface area contributed by atoms with Gasteiger partial charge in [0.2, 0.25) is 0 Å². The summed E-state index contributed by atoms with van der Waals surface area (Å²) in [5, 5.41) is 8.69. The number of carboxylic acids is 1. The second-order valence-corrected chi connectivity index (χ2v) is 4.30. The predicted octanol–water partition coefficient (Wildman–Crippen LogP) is 1.58. The van der Waals surface area contributed by atoms with Crippen molar-refractivity contribution in [2.24, 2.45) is 5.92 Å². The van der Waals surface area contributed by atoms with E-state index >= 15 is 0 Å². The molecule has 2 atom stereocenters. The van der Waals surface area contributed by atoms with E-state index in [-0.39, 0.29) is 0 Å². The highest BCUT2D eigenvalue weighted by atomic mass is 16.4. The van der Waals surface area contributed by atoms with E-state index in [0.717, 1.165) is 12.8 Å². The third-order valence-corrected chi connectivity index (χ3v) is 3.20. The number of hydrogen-bond acceptors (Lipinski definition) is 2. The Bertz CT molecular complexity index is 181. The molecule has 1 rings (SSSR count). The number of nitrogens with zero attached hydrogens (tertiary/aromatic N) is 1. The fourth-order valence-electron chi connectivity index (χ4n) is 2.24. The summed E-state index contributed by atoms with van der Waals surface area (Å²) in [5.74, 6) is -0.285. The van der Waals surface area contributed by atoms with Crippen LogP contribution >= 0.6 is 0 Å². The molecule has 0 aliphatic carbocycles. The molecule has 3 heteroatoms. The van der Waals surface area contributed by atoms with Crippen LogP contribution in [0.15, 0.2) is 0 Å². The first-order chi connectivity index (χ1) is 6.00.